The first-order valence-corrected chi connectivity index (χ1v) is 7.06. The van der Waals surface area contributed by atoms with Gasteiger partial charge in [-0.15, -0.1) is 11.3 Å². The molecular formula is C14H16N4S. The fourth-order valence-electron chi connectivity index (χ4n) is 1.65. The van der Waals surface area contributed by atoms with Crippen molar-refractivity contribution in [3.05, 3.63) is 40.0 Å². The molecule has 2 heterocycles. The minimum atomic E-state index is 0.0331. The van der Waals surface area contributed by atoms with E-state index in [1.54, 1.807) is 29.7 Å². The van der Waals surface area contributed by atoms with Gasteiger partial charge >= 0.3 is 0 Å². The molecule has 4 nitrogen and oxygen atoms in total. The number of hydrogen-bond donors (Lipinski definition) is 1. The van der Waals surface area contributed by atoms with E-state index >= 15 is 0 Å². The Labute approximate surface area is 117 Å². The predicted molar refractivity (Wildman–Crippen MR) is 77.2 cm³/mol. The highest BCUT2D eigenvalue weighted by Crippen LogP contribution is 2.25. The van der Waals surface area contributed by atoms with Crippen molar-refractivity contribution in [2.45, 2.75) is 32.7 Å². The first kappa shape index (κ1) is 13.5. The van der Waals surface area contributed by atoms with Crippen molar-refractivity contribution in [2.24, 2.45) is 0 Å². The number of nitrogens with zero attached hydrogens (tertiary/aromatic N) is 3. The zero-order chi connectivity index (χ0) is 13.8. The number of pyridine rings is 1. The van der Waals surface area contributed by atoms with Crippen LogP contribution in [-0.2, 0) is 0 Å². The molecule has 0 saturated carbocycles. The fourth-order valence-corrected chi connectivity index (χ4v) is 2.58. The summed E-state index contributed by atoms with van der Waals surface area (Å²) in [4.78, 5) is 8.81. The highest BCUT2D eigenvalue weighted by Gasteiger charge is 2.13. The van der Waals surface area contributed by atoms with E-state index < -0.39 is 0 Å². The average Bonchev–Trinajstić information content (AvgIpc) is 2.89. The van der Waals surface area contributed by atoms with Crippen molar-refractivity contribution < 1.29 is 0 Å². The molecule has 2 aromatic rings. The van der Waals surface area contributed by atoms with Gasteiger partial charge in [0.1, 0.15) is 11.9 Å². The third-order valence-corrected chi connectivity index (χ3v) is 3.92. The van der Waals surface area contributed by atoms with E-state index in [-0.39, 0.29) is 6.04 Å². The second-order valence-electron chi connectivity index (χ2n) is 4.64. The number of rotatable bonds is 4. The van der Waals surface area contributed by atoms with E-state index in [9.17, 15) is 0 Å². The van der Waals surface area contributed by atoms with Crippen molar-refractivity contribution in [2.75, 3.05) is 5.32 Å². The standard InChI is InChI=1S/C14H16N4S/c1-9(2)14-18-12(8-19-14)10(3)17-13-11(7-15)5-4-6-16-13/h4-6,8-10H,1-3H3,(H,16,17). The van der Waals surface area contributed by atoms with Crippen LogP contribution < -0.4 is 5.32 Å². The van der Waals surface area contributed by atoms with Gasteiger partial charge in [-0.05, 0) is 19.1 Å². The Bertz CT molecular complexity index is 597. The quantitative estimate of drug-likeness (QED) is 0.921. The molecule has 5 heteroatoms. The molecule has 0 spiro atoms. The Kier molecular flexibility index (Phi) is 4.13. The molecule has 1 N–H and O–H groups in total. The van der Waals surface area contributed by atoms with Crippen molar-refractivity contribution in [3.63, 3.8) is 0 Å². The normalized spacial score (nSPS) is 12.2. The van der Waals surface area contributed by atoms with E-state index in [0.29, 0.717) is 17.3 Å². The number of nitrogens with one attached hydrogen (secondary N) is 1. The summed E-state index contributed by atoms with van der Waals surface area (Å²) < 4.78 is 0. The summed E-state index contributed by atoms with van der Waals surface area (Å²) in [7, 11) is 0. The van der Waals surface area contributed by atoms with E-state index in [1.807, 2.05) is 6.92 Å². The lowest BCUT2D eigenvalue weighted by molar-refractivity contribution is 0.798. The Hall–Kier alpha value is -1.93. The number of thiazole rings is 1. The summed E-state index contributed by atoms with van der Waals surface area (Å²) >= 11 is 1.67. The van der Waals surface area contributed by atoms with Crippen LogP contribution >= 0.6 is 11.3 Å². The van der Waals surface area contributed by atoms with Crippen LogP contribution in [-0.4, -0.2) is 9.97 Å². The molecule has 1 atom stereocenters. The van der Waals surface area contributed by atoms with Crippen molar-refractivity contribution in [3.8, 4) is 6.07 Å². The summed E-state index contributed by atoms with van der Waals surface area (Å²) in [6.07, 6.45) is 1.68. The lowest BCUT2D eigenvalue weighted by atomic mass is 10.2. The lowest BCUT2D eigenvalue weighted by Crippen LogP contribution is -2.09. The zero-order valence-electron chi connectivity index (χ0n) is 11.2. The minimum Gasteiger partial charge on any atom is -0.361 e. The van der Waals surface area contributed by atoms with E-state index in [2.05, 4.69) is 40.6 Å². The van der Waals surface area contributed by atoms with Gasteiger partial charge in [0.25, 0.3) is 0 Å². The van der Waals surface area contributed by atoms with Gasteiger partial charge in [-0.3, -0.25) is 0 Å². The summed E-state index contributed by atoms with van der Waals surface area (Å²) in [5.41, 5.74) is 1.54. The number of anilines is 1. The van der Waals surface area contributed by atoms with Crippen LogP contribution in [0.25, 0.3) is 0 Å². The summed E-state index contributed by atoms with van der Waals surface area (Å²) in [6.45, 7) is 6.29. The van der Waals surface area contributed by atoms with Crippen molar-refractivity contribution in [1.29, 1.82) is 5.26 Å². The van der Waals surface area contributed by atoms with Gasteiger partial charge in [-0.1, -0.05) is 13.8 Å². The van der Waals surface area contributed by atoms with Crippen LogP contribution in [0.5, 0.6) is 0 Å². The van der Waals surface area contributed by atoms with Crippen LogP contribution in [0.1, 0.15) is 49.0 Å². The van der Waals surface area contributed by atoms with Gasteiger partial charge in [0, 0.05) is 17.5 Å². The van der Waals surface area contributed by atoms with Gasteiger partial charge in [0.05, 0.1) is 22.3 Å². The molecule has 0 fully saturated rings. The summed E-state index contributed by atoms with van der Waals surface area (Å²) in [6, 6.07) is 5.68. The molecule has 0 aliphatic heterocycles. The molecule has 0 aliphatic carbocycles. The number of hydrogen-bond acceptors (Lipinski definition) is 5. The second kappa shape index (κ2) is 5.81. The third kappa shape index (κ3) is 3.09. The maximum absolute atomic E-state index is 9.04. The second-order valence-corrected chi connectivity index (χ2v) is 5.53. The van der Waals surface area contributed by atoms with Crippen LogP contribution in [0.2, 0.25) is 0 Å². The summed E-state index contributed by atoms with van der Waals surface area (Å²) in [5, 5.41) is 15.5. The SMILES string of the molecule is CC(C)c1nc(C(C)Nc2ncccc2C#N)cs1. The Morgan fingerprint density at radius 1 is 1.37 bits per heavy atom. The van der Waals surface area contributed by atoms with Crippen molar-refractivity contribution >= 4 is 17.2 Å². The molecule has 0 aliphatic rings. The van der Waals surface area contributed by atoms with E-state index in [4.69, 9.17) is 5.26 Å². The van der Waals surface area contributed by atoms with Crippen LogP contribution in [0.4, 0.5) is 5.82 Å². The first-order valence-electron chi connectivity index (χ1n) is 6.18. The van der Waals surface area contributed by atoms with E-state index in [0.717, 1.165) is 10.7 Å². The van der Waals surface area contributed by atoms with Gasteiger partial charge < -0.3 is 5.32 Å². The molecule has 2 rings (SSSR count). The minimum absolute atomic E-state index is 0.0331. The number of aromatic nitrogens is 2. The lowest BCUT2D eigenvalue weighted by Gasteiger charge is -2.13. The molecule has 0 bridgehead atoms. The van der Waals surface area contributed by atoms with Crippen LogP contribution in [0.15, 0.2) is 23.7 Å². The fraction of sp³-hybridized carbons (Fsp3) is 0.357. The number of nitriles is 1. The van der Waals surface area contributed by atoms with Gasteiger partial charge in [0.2, 0.25) is 0 Å². The molecule has 0 radical (unpaired) electrons. The topological polar surface area (TPSA) is 61.6 Å². The zero-order valence-corrected chi connectivity index (χ0v) is 12.0. The average molecular weight is 272 g/mol. The van der Waals surface area contributed by atoms with E-state index in [1.165, 1.54) is 0 Å². The molecular weight excluding hydrogens is 256 g/mol. The van der Waals surface area contributed by atoms with Crippen LogP contribution in [0, 0.1) is 11.3 Å². The molecule has 0 aromatic carbocycles. The molecule has 2 aromatic heterocycles. The van der Waals surface area contributed by atoms with Gasteiger partial charge in [-0.2, -0.15) is 5.26 Å². The smallest absolute Gasteiger partial charge is 0.144 e. The molecule has 0 amide bonds. The summed E-state index contributed by atoms with van der Waals surface area (Å²) in [5.74, 6) is 1.05. The third-order valence-electron chi connectivity index (χ3n) is 2.76. The van der Waals surface area contributed by atoms with Gasteiger partial charge in [0.15, 0.2) is 0 Å². The monoisotopic (exact) mass is 272 g/mol. The molecule has 19 heavy (non-hydrogen) atoms. The highest BCUT2D eigenvalue weighted by molar-refractivity contribution is 7.09. The highest BCUT2D eigenvalue weighted by atomic mass is 32.1. The Balaban J connectivity index is 2.16. The van der Waals surface area contributed by atoms with Gasteiger partial charge in [-0.25, -0.2) is 9.97 Å². The molecule has 98 valence electrons. The Morgan fingerprint density at radius 3 is 2.79 bits per heavy atom. The van der Waals surface area contributed by atoms with Crippen LogP contribution in [0.3, 0.4) is 0 Å². The molecule has 0 saturated heterocycles. The molecule has 1 unspecified atom stereocenters. The predicted octanol–water partition coefficient (Wildman–Crippen LogP) is 3.71. The Morgan fingerprint density at radius 2 is 2.16 bits per heavy atom. The van der Waals surface area contributed by atoms with Crippen molar-refractivity contribution in [1.82, 2.24) is 9.97 Å². The first-order chi connectivity index (χ1) is 9.11. The maximum Gasteiger partial charge on any atom is 0.144 e. The maximum atomic E-state index is 9.04. The largest absolute Gasteiger partial charge is 0.361 e.